The second kappa shape index (κ2) is 10.4. The van der Waals surface area contributed by atoms with Crippen LogP contribution >= 0.6 is 11.6 Å². The van der Waals surface area contributed by atoms with Crippen LogP contribution in [0.25, 0.3) is 0 Å². The van der Waals surface area contributed by atoms with Crippen molar-refractivity contribution in [2.24, 2.45) is 5.92 Å². The normalized spacial score (nSPS) is 19.6. The first kappa shape index (κ1) is 24.1. The molecule has 2 aromatic rings. The van der Waals surface area contributed by atoms with Crippen LogP contribution < -0.4 is 0 Å². The fourth-order valence-corrected chi connectivity index (χ4v) is 4.84. The molecule has 1 amide bonds. The third kappa shape index (κ3) is 4.94. The Morgan fingerprint density at radius 2 is 1.88 bits per heavy atom. The first-order valence-electron chi connectivity index (χ1n) is 11.1. The minimum Gasteiger partial charge on any atom is -0.341 e. The van der Waals surface area contributed by atoms with Crippen LogP contribution in [0.3, 0.4) is 0 Å². The second-order valence-corrected chi connectivity index (χ2v) is 9.18. The van der Waals surface area contributed by atoms with Crippen molar-refractivity contribution in [3.05, 3.63) is 69.7 Å². The van der Waals surface area contributed by atoms with Gasteiger partial charge < -0.3 is 14.6 Å². The van der Waals surface area contributed by atoms with Crippen molar-refractivity contribution in [1.82, 2.24) is 9.80 Å². The van der Waals surface area contributed by atoms with Gasteiger partial charge in [0.2, 0.25) is 0 Å². The molecule has 170 valence electrons. The summed E-state index contributed by atoms with van der Waals surface area (Å²) >= 11 is 6.57. The van der Waals surface area contributed by atoms with Gasteiger partial charge in [0.1, 0.15) is 6.29 Å². The molecule has 0 aromatic heterocycles. The van der Waals surface area contributed by atoms with E-state index in [1.54, 1.807) is 36.2 Å². The van der Waals surface area contributed by atoms with E-state index in [1.807, 2.05) is 18.2 Å². The van der Waals surface area contributed by atoms with Crippen molar-refractivity contribution < 1.29 is 14.4 Å². The molecule has 6 heteroatoms. The van der Waals surface area contributed by atoms with Gasteiger partial charge in [-0.3, -0.25) is 9.59 Å². The Morgan fingerprint density at radius 1 is 1.12 bits per heavy atom. The first-order valence-corrected chi connectivity index (χ1v) is 11.5. The molecule has 0 heterocycles. The number of aldehydes is 2. The SMILES string of the molecule is CCCN(C)CCc1c(Cl)cccc1C1(C=O)CC1CN(C)C(=O)c1ccccc1C=O. The van der Waals surface area contributed by atoms with Gasteiger partial charge in [-0.25, -0.2) is 0 Å². The molecule has 3 rings (SSSR count). The number of amides is 1. The largest absolute Gasteiger partial charge is 0.341 e. The predicted molar refractivity (Wildman–Crippen MR) is 128 cm³/mol. The Kier molecular flexibility index (Phi) is 7.86. The standard InChI is InChI=1S/C26H31ClN2O3/c1-4-13-28(2)14-12-22-23(10-7-11-24(22)27)26(18-31)15-20(26)16-29(3)25(32)21-9-6-5-8-19(21)17-30/h5-11,17-18,20H,4,12-16H2,1-3H3. The van der Waals surface area contributed by atoms with E-state index in [0.717, 1.165) is 43.3 Å². The lowest BCUT2D eigenvalue weighted by Crippen LogP contribution is -2.32. The summed E-state index contributed by atoms with van der Waals surface area (Å²) in [5, 5.41) is 0.684. The van der Waals surface area contributed by atoms with Gasteiger partial charge in [-0.2, -0.15) is 0 Å². The Bertz CT molecular complexity index is 993. The number of carbonyl (C=O) groups excluding carboxylic acids is 3. The van der Waals surface area contributed by atoms with E-state index in [1.165, 1.54) is 0 Å². The highest BCUT2D eigenvalue weighted by molar-refractivity contribution is 6.31. The van der Waals surface area contributed by atoms with Gasteiger partial charge >= 0.3 is 0 Å². The van der Waals surface area contributed by atoms with Gasteiger partial charge in [-0.05, 0) is 62.0 Å². The highest BCUT2D eigenvalue weighted by atomic mass is 35.5. The van der Waals surface area contributed by atoms with E-state index in [4.69, 9.17) is 11.6 Å². The molecule has 0 saturated heterocycles. The number of rotatable bonds is 11. The smallest absolute Gasteiger partial charge is 0.254 e. The highest BCUT2D eigenvalue weighted by Gasteiger charge is 2.56. The van der Waals surface area contributed by atoms with Crippen LogP contribution in [0, 0.1) is 5.92 Å². The van der Waals surface area contributed by atoms with Crippen molar-refractivity contribution in [2.45, 2.75) is 31.6 Å². The molecule has 1 fully saturated rings. The average Bonchev–Trinajstić information content (AvgIpc) is 3.51. The highest BCUT2D eigenvalue weighted by Crippen LogP contribution is 2.54. The molecular weight excluding hydrogens is 424 g/mol. The van der Waals surface area contributed by atoms with Crippen LogP contribution in [0.15, 0.2) is 42.5 Å². The van der Waals surface area contributed by atoms with Crippen LogP contribution in [0.4, 0.5) is 0 Å². The van der Waals surface area contributed by atoms with Crippen molar-refractivity contribution in [2.75, 3.05) is 33.7 Å². The minimum atomic E-state index is -0.623. The van der Waals surface area contributed by atoms with E-state index in [9.17, 15) is 14.4 Å². The number of halogens is 1. The number of nitrogens with zero attached hydrogens (tertiary/aromatic N) is 2. The molecule has 2 atom stereocenters. The Hall–Kier alpha value is -2.50. The average molecular weight is 455 g/mol. The molecule has 1 aliphatic rings. The van der Waals surface area contributed by atoms with Gasteiger partial charge in [0.15, 0.2) is 6.29 Å². The van der Waals surface area contributed by atoms with Crippen molar-refractivity contribution in [1.29, 1.82) is 0 Å². The summed E-state index contributed by atoms with van der Waals surface area (Å²) < 4.78 is 0. The third-order valence-corrected chi connectivity index (χ3v) is 6.85. The number of likely N-dealkylation sites (N-methyl/N-ethyl adjacent to an activating group) is 1. The maximum absolute atomic E-state index is 12.9. The second-order valence-electron chi connectivity index (χ2n) is 8.77. The summed E-state index contributed by atoms with van der Waals surface area (Å²) in [4.78, 5) is 40.4. The van der Waals surface area contributed by atoms with Gasteiger partial charge in [-0.15, -0.1) is 0 Å². The molecule has 5 nitrogen and oxygen atoms in total. The van der Waals surface area contributed by atoms with E-state index in [0.29, 0.717) is 35.4 Å². The number of hydrogen-bond acceptors (Lipinski definition) is 4. The number of carbonyl (C=O) groups is 3. The maximum atomic E-state index is 12.9. The van der Waals surface area contributed by atoms with Gasteiger partial charge in [0.25, 0.3) is 5.91 Å². The molecule has 2 aromatic carbocycles. The van der Waals surface area contributed by atoms with Gasteiger partial charge in [0.05, 0.1) is 11.0 Å². The van der Waals surface area contributed by atoms with Gasteiger partial charge in [0, 0.05) is 30.7 Å². The zero-order valence-corrected chi connectivity index (χ0v) is 19.8. The molecular formula is C26H31ClN2O3. The fraction of sp³-hybridized carbons (Fsp3) is 0.423. The zero-order chi connectivity index (χ0) is 23.3. The molecule has 32 heavy (non-hydrogen) atoms. The predicted octanol–water partition coefficient (Wildman–Crippen LogP) is 4.27. The van der Waals surface area contributed by atoms with Crippen LogP contribution in [-0.2, 0) is 16.6 Å². The summed E-state index contributed by atoms with van der Waals surface area (Å²) in [5.74, 6) is -0.199. The maximum Gasteiger partial charge on any atom is 0.254 e. The topological polar surface area (TPSA) is 57.7 Å². The molecule has 1 saturated carbocycles. The number of hydrogen-bond donors (Lipinski definition) is 0. The zero-order valence-electron chi connectivity index (χ0n) is 19.0. The molecule has 0 N–H and O–H groups in total. The Balaban J connectivity index is 1.78. The molecule has 0 spiro atoms. The molecule has 2 unspecified atom stereocenters. The summed E-state index contributed by atoms with van der Waals surface area (Å²) in [6.07, 6.45) is 4.26. The molecule has 0 bridgehead atoms. The van der Waals surface area contributed by atoms with Gasteiger partial charge in [-0.1, -0.05) is 48.9 Å². The van der Waals surface area contributed by atoms with Crippen LogP contribution in [0.5, 0.6) is 0 Å². The van der Waals surface area contributed by atoms with Crippen LogP contribution in [0.1, 0.15) is 51.6 Å². The summed E-state index contributed by atoms with van der Waals surface area (Å²) in [5.41, 5.74) is 2.12. The lowest BCUT2D eigenvalue weighted by Gasteiger charge is -2.22. The lowest BCUT2D eigenvalue weighted by molar-refractivity contribution is -0.110. The Labute approximate surface area is 195 Å². The summed E-state index contributed by atoms with van der Waals surface area (Å²) in [6, 6.07) is 12.5. The van der Waals surface area contributed by atoms with Crippen molar-refractivity contribution in [3.8, 4) is 0 Å². The summed E-state index contributed by atoms with van der Waals surface area (Å²) in [7, 11) is 3.81. The molecule has 0 radical (unpaired) electrons. The van der Waals surface area contributed by atoms with E-state index < -0.39 is 5.41 Å². The fourth-order valence-electron chi connectivity index (χ4n) is 4.57. The first-order chi connectivity index (χ1) is 15.4. The van der Waals surface area contributed by atoms with Crippen LogP contribution in [0.2, 0.25) is 5.02 Å². The third-order valence-electron chi connectivity index (χ3n) is 6.49. The monoisotopic (exact) mass is 454 g/mol. The van der Waals surface area contributed by atoms with Crippen LogP contribution in [-0.4, -0.2) is 62.0 Å². The van der Waals surface area contributed by atoms with E-state index >= 15 is 0 Å². The summed E-state index contributed by atoms with van der Waals surface area (Å²) in [6.45, 7) is 4.47. The van der Waals surface area contributed by atoms with Crippen molar-refractivity contribution in [3.63, 3.8) is 0 Å². The quantitative estimate of drug-likeness (QED) is 0.476. The van der Waals surface area contributed by atoms with E-state index in [2.05, 4.69) is 18.9 Å². The van der Waals surface area contributed by atoms with Crippen molar-refractivity contribution >= 4 is 30.1 Å². The number of benzene rings is 2. The molecule has 0 aliphatic heterocycles. The minimum absolute atomic E-state index is 0.0166. The van der Waals surface area contributed by atoms with E-state index in [-0.39, 0.29) is 11.8 Å². The Morgan fingerprint density at radius 3 is 2.56 bits per heavy atom. The lowest BCUT2D eigenvalue weighted by atomic mass is 9.88. The molecule has 1 aliphatic carbocycles.